The van der Waals surface area contributed by atoms with Crippen molar-refractivity contribution in [2.75, 3.05) is 25.3 Å². The van der Waals surface area contributed by atoms with E-state index in [4.69, 9.17) is 9.47 Å². The van der Waals surface area contributed by atoms with Gasteiger partial charge in [0.25, 0.3) is 0 Å². The van der Waals surface area contributed by atoms with Gasteiger partial charge >= 0.3 is 6.18 Å². The molecule has 10 heteroatoms. The number of benzene rings is 2. The predicted octanol–water partition coefficient (Wildman–Crippen LogP) is 4.91. The van der Waals surface area contributed by atoms with Gasteiger partial charge in [-0.3, -0.25) is 4.79 Å². The number of carbonyl (C=O) groups excluding carboxylic acids is 1. The normalized spacial score (nSPS) is 11.1. The summed E-state index contributed by atoms with van der Waals surface area (Å²) in [6.07, 6.45) is -4.67. The molecule has 2 aromatic carbocycles. The third-order valence-corrected chi connectivity index (χ3v) is 4.91. The van der Waals surface area contributed by atoms with Gasteiger partial charge < -0.3 is 14.8 Å². The molecule has 1 amide bonds. The van der Waals surface area contributed by atoms with Crippen molar-refractivity contribution in [3.63, 3.8) is 0 Å². The summed E-state index contributed by atoms with van der Waals surface area (Å²) in [6, 6.07) is 14.3. The Morgan fingerprint density at radius 1 is 1.00 bits per heavy atom. The number of ether oxygens (including phenoxy) is 2. The molecule has 0 aliphatic carbocycles. The van der Waals surface area contributed by atoms with Crippen LogP contribution >= 0.6 is 11.8 Å². The fourth-order valence-corrected chi connectivity index (χ4v) is 3.29. The van der Waals surface area contributed by atoms with Crippen LogP contribution in [0.1, 0.15) is 5.69 Å². The first-order valence-electron chi connectivity index (χ1n) is 8.96. The molecule has 3 aromatic rings. The smallest absolute Gasteiger partial charge is 0.433 e. The lowest BCUT2D eigenvalue weighted by Crippen LogP contribution is -2.15. The van der Waals surface area contributed by atoms with Crippen LogP contribution in [-0.4, -0.2) is 35.8 Å². The summed E-state index contributed by atoms with van der Waals surface area (Å²) in [7, 11) is 2.88. The number of rotatable bonds is 7. The highest BCUT2D eigenvalue weighted by atomic mass is 32.2. The van der Waals surface area contributed by atoms with Crippen LogP contribution in [0.2, 0.25) is 0 Å². The van der Waals surface area contributed by atoms with Crippen LogP contribution in [0.5, 0.6) is 11.5 Å². The minimum absolute atomic E-state index is 0.0502. The predicted molar refractivity (Wildman–Crippen MR) is 111 cm³/mol. The number of alkyl halides is 3. The van der Waals surface area contributed by atoms with Gasteiger partial charge in [0.1, 0.15) is 5.69 Å². The van der Waals surface area contributed by atoms with Crippen LogP contribution in [0, 0.1) is 0 Å². The fourth-order valence-electron chi connectivity index (χ4n) is 2.63. The maximum absolute atomic E-state index is 13.4. The second-order valence-corrected chi connectivity index (χ2v) is 7.13. The minimum atomic E-state index is -4.67. The number of hydrogen-bond acceptors (Lipinski definition) is 6. The molecule has 1 heterocycles. The minimum Gasteiger partial charge on any atom is -0.493 e. The summed E-state index contributed by atoms with van der Waals surface area (Å²) in [5.41, 5.74) is -0.0716. The van der Waals surface area contributed by atoms with Gasteiger partial charge in [0.2, 0.25) is 5.91 Å². The quantitative estimate of drug-likeness (QED) is 0.408. The second-order valence-electron chi connectivity index (χ2n) is 6.19. The Morgan fingerprint density at radius 2 is 1.71 bits per heavy atom. The van der Waals surface area contributed by atoms with Crippen molar-refractivity contribution in [1.29, 1.82) is 0 Å². The average molecular weight is 449 g/mol. The molecule has 31 heavy (non-hydrogen) atoms. The Labute approximate surface area is 180 Å². The van der Waals surface area contributed by atoms with Crippen LogP contribution in [-0.2, 0) is 11.0 Å². The van der Waals surface area contributed by atoms with Crippen LogP contribution in [0.3, 0.4) is 0 Å². The van der Waals surface area contributed by atoms with Crippen molar-refractivity contribution in [2.45, 2.75) is 11.3 Å². The number of carbonyl (C=O) groups is 1. The van der Waals surface area contributed by atoms with Gasteiger partial charge in [0.15, 0.2) is 16.7 Å². The number of aromatic nitrogens is 2. The average Bonchev–Trinajstić information content (AvgIpc) is 2.77. The van der Waals surface area contributed by atoms with E-state index in [-0.39, 0.29) is 22.5 Å². The van der Waals surface area contributed by atoms with Gasteiger partial charge in [-0.2, -0.15) is 13.2 Å². The van der Waals surface area contributed by atoms with Gasteiger partial charge in [0.05, 0.1) is 25.7 Å². The lowest BCUT2D eigenvalue weighted by molar-refractivity contribution is -0.141. The van der Waals surface area contributed by atoms with E-state index < -0.39 is 11.9 Å². The number of para-hydroxylation sites is 1. The molecule has 0 atom stereocenters. The van der Waals surface area contributed by atoms with E-state index in [1.807, 2.05) is 0 Å². The van der Waals surface area contributed by atoms with Gasteiger partial charge in [-0.05, 0) is 36.4 Å². The van der Waals surface area contributed by atoms with Crippen LogP contribution in [0.25, 0.3) is 11.3 Å². The molecule has 0 bridgehead atoms. The first-order valence-corrected chi connectivity index (χ1v) is 9.95. The molecule has 162 valence electrons. The van der Waals surface area contributed by atoms with Gasteiger partial charge in [-0.25, -0.2) is 9.97 Å². The van der Waals surface area contributed by atoms with E-state index in [1.54, 1.807) is 42.5 Å². The SMILES string of the molecule is COc1ccc(-c2cc(C(F)(F)F)nc(SCC(=O)Nc3ccccc3)n2)cc1OC. The van der Waals surface area contributed by atoms with Crippen molar-refractivity contribution in [2.24, 2.45) is 0 Å². The van der Waals surface area contributed by atoms with Gasteiger partial charge in [-0.1, -0.05) is 30.0 Å². The third kappa shape index (κ3) is 5.88. The third-order valence-electron chi connectivity index (χ3n) is 4.07. The number of hydrogen-bond donors (Lipinski definition) is 1. The number of nitrogens with zero attached hydrogens (tertiary/aromatic N) is 2. The molecule has 6 nitrogen and oxygen atoms in total. The zero-order chi connectivity index (χ0) is 22.4. The highest BCUT2D eigenvalue weighted by molar-refractivity contribution is 7.99. The lowest BCUT2D eigenvalue weighted by atomic mass is 10.1. The number of amides is 1. The monoisotopic (exact) mass is 449 g/mol. The summed E-state index contributed by atoms with van der Waals surface area (Å²) in [6.45, 7) is 0. The van der Waals surface area contributed by atoms with E-state index in [0.29, 0.717) is 22.7 Å². The number of methoxy groups -OCH3 is 2. The first kappa shape index (κ1) is 22.4. The Morgan fingerprint density at radius 3 is 2.35 bits per heavy atom. The molecule has 0 saturated heterocycles. The molecule has 0 spiro atoms. The zero-order valence-electron chi connectivity index (χ0n) is 16.6. The van der Waals surface area contributed by atoms with Crippen molar-refractivity contribution >= 4 is 23.4 Å². The molecule has 1 aromatic heterocycles. The van der Waals surface area contributed by atoms with Gasteiger partial charge in [0, 0.05) is 11.3 Å². The van der Waals surface area contributed by atoms with E-state index in [2.05, 4.69) is 15.3 Å². The van der Waals surface area contributed by atoms with Crippen molar-refractivity contribution in [3.8, 4) is 22.8 Å². The van der Waals surface area contributed by atoms with Crippen molar-refractivity contribution in [3.05, 3.63) is 60.3 Å². The van der Waals surface area contributed by atoms with Crippen LogP contribution in [0.4, 0.5) is 18.9 Å². The van der Waals surface area contributed by atoms with E-state index in [0.717, 1.165) is 17.8 Å². The van der Waals surface area contributed by atoms with Crippen LogP contribution < -0.4 is 14.8 Å². The Hall–Kier alpha value is -3.27. The summed E-state index contributed by atoms with van der Waals surface area (Å²) in [5, 5.41) is 2.50. The molecule has 1 N–H and O–H groups in total. The Kier molecular flexibility index (Phi) is 7.01. The second kappa shape index (κ2) is 9.69. The highest BCUT2D eigenvalue weighted by Gasteiger charge is 2.34. The molecule has 0 fully saturated rings. The van der Waals surface area contributed by atoms with Crippen molar-refractivity contribution < 1.29 is 27.4 Å². The molecule has 0 aliphatic heterocycles. The standard InChI is InChI=1S/C21H18F3N3O3S/c1-29-16-9-8-13(10-17(16)30-2)15-11-18(21(22,23)24)27-20(26-15)31-12-19(28)25-14-6-4-3-5-7-14/h3-11H,12H2,1-2H3,(H,25,28). The zero-order valence-corrected chi connectivity index (χ0v) is 17.4. The van der Waals surface area contributed by atoms with Gasteiger partial charge in [-0.15, -0.1) is 0 Å². The van der Waals surface area contributed by atoms with E-state index >= 15 is 0 Å². The summed E-state index contributed by atoms with van der Waals surface area (Å²) >= 11 is 0.814. The number of anilines is 1. The van der Waals surface area contributed by atoms with E-state index in [1.165, 1.54) is 20.3 Å². The Bertz CT molecular complexity index is 1060. The van der Waals surface area contributed by atoms with Crippen LogP contribution in [0.15, 0.2) is 59.8 Å². The topological polar surface area (TPSA) is 73.3 Å². The molecule has 0 unspecified atom stereocenters. The molecule has 3 rings (SSSR count). The molecule has 0 aliphatic rings. The largest absolute Gasteiger partial charge is 0.493 e. The molecular formula is C21H18F3N3O3S. The number of halogens is 3. The van der Waals surface area contributed by atoms with E-state index in [9.17, 15) is 18.0 Å². The lowest BCUT2D eigenvalue weighted by Gasteiger charge is -2.12. The summed E-state index contributed by atoms with van der Waals surface area (Å²) in [4.78, 5) is 19.9. The Balaban J connectivity index is 1.86. The van der Waals surface area contributed by atoms with Crippen molar-refractivity contribution in [1.82, 2.24) is 9.97 Å². The molecule has 0 saturated carbocycles. The maximum atomic E-state index is 13.4. The fraction of sp³-hybridized carbons (Fsp3) is 0.190. The highest BCUT2D eigenvalue weighted by Crippen LogP contribution is 2.35. The first-order chi connectivity index (χ1) is 14.8. The number of thioether (sulfide) groups is 1. The summed E-state index contributed by atoms with van der Waals surface area (Å²) in [5.74, 6) is 0.249. The maximum Gasteiger partial charge on any atom is 0.433 e. The number of nitrogens with one attached hydrogen (secondary N) is 1. The molecular weight excluding hydrogens is 431 g/mol. The molecule has 0 radical (unpaired) electrons. The summed E-state index contributed by atoms with van der Waals surface area (Å²) < 4.78 is 50.5.